The number of thioether (sulfide) groups is 1. The van der Waals surface area contributed by atoms with Gasteiger partial charge in [-0.3, -0.25) is 0 Å². The largest absolute Gasteiger partial charge is 0.311 e. The van der Waals surface area contributed by atoms with E-state index in [0.717, 1.165) is 18.8 Å². The first kappa shape index (κ1) is 13.3. The van der Waals surface area contributed by atoms with E-state index in [9.17, 15) is 0 Å². The molecule has 1 nitrogen and oxygen atoms in total. The molecule has 1 aliphatic heterocycles. The van der Waals surface area contributed by atoms with Gasteiger partial charge in [0.05, 0.1) is 0 Å². The molecular weight excluding hydrogens is 250 g/mol. The summed E-state index contributed by atoms with van der Waals surface area (Å²) in [6.07, 6.45) is 2.20. The van der Waals surface area contributed by atoms with Crippen LogP contribution >= 0.6 is 23.4 Å². The van der Waals surface area contributed by atoms with Crippen molar-refractivity contribution in [2.24, 2.45) is 0 Å². The van der Waals surface area contributed by atoms with E-state index in [0.29, 0.717) is 5.25 Å². The highest BCUT2D eigenvalue weighted by atomic mass is 35.5. The molecule has 0 radical (unpaired) electrons. The zero-order chi connectivity index (χ0) is 12.3. The summed E-state index contributed by atoms with van der Waals surface area (Å²) >= 11 is 7.81. The Bertz CT molecular complexity index is 353. The van der Waals surface area contributed by atoms with Crippen LogP contribution in [0.15, 0.2) is 29.2 Å². The molecule has 1 heterocycles. The van der Waals surface area contributed by atoms with Gasteiger partial charge in [0, 0.05) is 28.1 Å². The third-order valence-electron chi connectivity index (χ3n) is 3.24. The van der Waals surface area contributed by atoms with Crippen molar-refractivity contribution < 1.29 is 0 Å². The molecule has 1 aliphatic rings. The highest BCUT2D eigenvalue weighted by molar-refractivity contribution is 8.00. The molecule has 0 spiro atoms. The van der Waals surface area contributed by atoms with E-state index in [2.05, 4.69) is 43.4 Å². The molecule has 94 valence electrons. The van der Waals surface area contributed by atoms with Gasteiger partial charge in [0.2, 0.25) is 0 Å². The Balaban J connectivity index is 1.84. The number of nitrogens with one attached hydrogen (secondary N) is 1. The Labute approximate surface area is 113 Å². The fourth-order valence-corrected chi connectivity index (χ4v) is 3.80. The Morgan fingerprint density at radius 1 is 1.41 bits per heavy atom. The SMILES string of the molecule is CC(C)(CCCl)NCC1Cc2ccccc2S1. The van der Waals surface area contributed by atoms with Crippen LogP contribution in [-0.2, 0) is 6.42 Å². The van der Waals surface area contributed by atoms with Crippen LogP contribution < -0.4 is 5.32 Å². The second kappa shape index (κ2) is 5.64. The van der Waals surface area contributed by atoms with E-state index in [1.165, 1.54) is 16.9 Å². The van der Waals surface area contributed by atoms with Crippen molar-refractivity contribution in [1.82, 2.24) is 5.32 Å². The number of halogens is 1. The Hall–Kier alpha value is -0.180. The van der Waals surface area contributed by atoms with Crippen molar-refractivity contribution in [3.8, 4) is 0 Å². The maximum atomic E-state index is 5.81. The normalized spacial score (nSPS) is 19.4. The van der Waals surface area contributed by atoms with Gasteiger partial charge >= 0.3 is 0 Å². The van der Waals surface area contributed by atoms with Crippen LogP contribution in [0.25, 0.3) is 0 Å². The van der Waals surface area contributed by atoms with Crippen LogP contribution in [0.1, 0.15) is 25.8 Å². The zero-order valence-electron chi connectivity index (χ0n) is 10.5. The minimum atomic E-state index is 0.150. The van der Waals surface area contributed by atoms with Gasteiger partial charge < -0.3 is 5.32 Å². The predicted molar refractivity (Wildman–Crippen MR) is 77.2 cm³/mol. The summed E-state index contributed by atoms with van der Waals surface area (Å²) in [5.41, 5.74) is 1.65. The topological polar surface area (TPSA) is 12.0 Å². The maximum Gasteiger partial charge on any atom is 0.0260 e. The molecule has 0 saturated heterocycles. The van der Waals surface area contributed by atoms with E-state index in [4.69, 9.17) is 11.6 Å². The Morgan fingerprint density at radius 2 is 2.18 bits per heavy atom. The number of hydrogen-bond donors (Lipinski definition) is 1. The van der Waals surface area contributed by atoms with E-state index in [1.807, 2.05) is 11.8 Å². The summed E-state index contributed by atoms with van der Waals surface area (Å²) in [7, 11) is 0. The number of fused-ring (bicyclic) bond motifs is 1. The van der Waals surface area contributed by atoms with Crippen LogP contribution in [0, 0.1) is 0 Å². The number of benzene rings is 1. The lowest BCUT2D eigenvalue weighted by Crippen LogP contribution is -2.43. The molecule has 3 heteroatoms. The molecule has 1 aromatic rings. The first-order valence-corrected chi connectivity index (χ1v) is 7.58. The van der Waals surface area contributed by atoms with E-state index in [-0.39, 0.29) is 5.54 Å². The molecule has 0 aliphatic carbocycles. The molecule has 1 unspecified atom stereocenters. The highest BCUT2D eigenvalue weighted by Gasteiger charge is 2.24. The van der Waals surface area contributed by atoms with Crippen molar-refractivity contribution in [2.75, 3.05) is 12.4 Å². The summed E-state index contributed by atoms with van der Waals surface area (Å²) in [4.78, 5) is 1.45. The van der Waals surface area contributed by atoms with Gasteiger partial charge in [-0.1, -0.05) is 18.2 Å². The zero-order valence-corrected chi connectivity index (χ0v) is 12.1. The third kappa shape index (κ3) is 3.64. The first-order valence-electron chi connectivity index (χ1n) is 6.16. The quantitative estimate of drug-likeness (QED) is 0.818. The molecule has 0 bridgehead atoms. The molecule has 0 saturated carbocycles. The Morgan fingerprint density at radius 3 is 2.88 bits per heavy atom. The summed E-state index contributed by atoms with van der Waals surface area (Å²) in [5.74, 6) is 0.720. The number of rotatable bonds is 5. The molecule has 1 atom stereocenters. The van der Waals surface area contributed by atoms with Crippen LogP contribution in [0.5, 0.6) is 0 Å². The summed E-state index contributed by atoms with van der Waals surface area (Å²) < 4.78 is 0. The van der Waals surface area contributed by atoms with Crippen molar-refractivity contribution in [1.29, 1.82) is 0 Å². The van der Waals surface area contributed by atoms with E-state index >= 15 is 0 Å². The molecule has 1 aromatic carbocycles. The van der Waals surface area contributed by atoms with Gasteiger partial charge in [-0.15, -0.1) is 23.4 Å². The molecular formula is C14H20ClNS. The van der Waals surface area contributed by atoms with E-state index < -0.39 is 0 Å². The Kier molecular flexibility index (Phi) is 4.40. The molecule has 1 N–H and O–H groups in total. The van der Waals surface area contributed by atoms with Gasteiger partial charge in [-0.25, -0.2) is 0 Å². The van der Waals surface area contributed by atoms with Gasteiger partial charge in [-0.2, -0.15) is 0 Å². The van der Waals surface area contributed by atoms with Gasteiger partial charge in [0.15, 0.2) is 0 Å². The average molecular weight is 270 g/mol. The highest BCUT2D eigenvalue weighted by Crippen LogP contribution is 2.36. The molecule has 0 fully saturated rings. The molecule has 0 amide bonds. The minimum Gasteiger partial charge on any atom is -0.311 e. The van der Waals surface area contributed by atoms with Crippen molar-refractivity contribution >= 4 is 23.4 Å². The van der Waals surface area contributed by atoms with Crippen molar-refractivity contribution in [3.05, 3.63) is 29.8 Å². The average Bonchev–Trinajstić information content (AvgIpc) is 2.69. The number of alkyl halides is 1. The van der Waals surface area contributed by atoms with Crippen LogP contribution in [0.2, 0.25) is 0 Å². The molecule has 17 heavy (non-hydrogen) atoms. The lowest BCUT2D eigenvalue weighted by Gasteiger charge is -2.27. The summed E-state index contributed by atoms with van der Waals surface area (Å²) in [5, 5.41) is 4.30. The van der Waals surface area contributed by atoms with Crippen molar-refractivity contribution in [3.63, 3.8) is 0 Å². The van der Waals surface area contributed by atoms with Crippen LogP contribution in [0.3, 0.4) is 0 Å². The second-order valence-electron chi connectivity index (χ2n) is 5.26. The maximum absolute atomic E-state index is 5.81. The fraction of sp³-hybridized carbons (Fsp3) is 0.571. The standard InChI is InChI=1S/C14H20ClNS/c1-14(2,7-8-15)16-10-12-9-11-5-3-4-6-13(11)17-12/h3-6,12,16H,7-10H2,1-2H3. The van der Waals surface area contributed by atoms with Crippen LogP contribution in [0.4, 0.5) is 0 Å². The van der Waals surface area contributed by atoms with Crippen LogP contribution in [-0.4, -0.2) is 23.2 Å². The van der Waals surface area contributed by atoms with Gasteiger partial charge in [0.25, 0.3) is 0 Å². The van der Waals surface area contributed by atoms with E-state index in [1.54, 1.807) is 0 Å². The lowest BCUT2D eigenvalue weighted by molar-refractivity contribution is 0.379. The first-order chi connectivity index (χ1) is 8.11. The number of hydrogen-bond acceptors (Lipinski definition) is 2. The predicted octanol–water partition coefficient (Wildman–Crippen LogP) is 3.70. The molecule has 2 rings (SSSR count). The smallest absolute Gasteiger partial charge is 0.0260 e. The second-order valence-corrected chi connectivity index (χ2v) is 6.98. The van der Waals surface area contributed by atoms with Crippen molar-refractivity contribution in [2.45, 2.75) is 42.4 Å². The monoisotopic (exact) mass is 269 g/mol. The minimum absolute atomic E-state index is 0.150. The van der Waals surface area contributed by atoms with Gasteiger partial charge in [-0.05, 0) is 38.3 Å². The van der Waals surface area contributed by atoms with Gasteiger partial charge in [0.1, 0.15) is 0 Å². The summed E-state index contributed by atoms with van der Waals surface area (Å²) in [6, 6.07) is 8.72. The molecule has 0 aromatic heterocycles. The fourth-order valence-electron chi connectivity index (χ4n) is 2.08. The lowest BCUT2D eigenvalue weighted by atomic mass is 10.0. The third-order valence-corrected chi connectivity index (χ3v) is 4.75. The summed E-state index contributed by atoms with van der Waals surface area (Å²) in [6.45, 7) is 5.51.